The number of aromatic nitrogens is 2. The lowest BCUT2D eigenvalue weighted by Crippen LogP contribution is -2.19. The maximum absolute atomic E-state index is 12.4. The van der Waals surface area contributed by atoms with Crippen molar-refractivity contribution in [2.75, 3.05) is 5.43 Å². The molecule has 0 unspecified atom stereocenters. The molecule has 0 radical (unpaired) electrons. The summed E-state index contributed by atoms with van der Waals surface area (Å²) in [5, 5.41) is 8.48. The minimum absolute atomic E-state index is 0.306. The fourth-order valence-electron chi connectivity index (χ4n) is 2.36. The van der Waals surface area contributed by atoms with Crippen LogP contribution < -0.4 is 10.9 Å². The lowest BCUT2D eigenvalue weighted by molar-refractivity contribution is 0.0955. The molecular weight excluding hydrogens is 352 g/mol. The van der Waals surface area contributed by atoms with Crippen molar-refractivity contribution in [3.63, 3.8) is 0 Å². The molecule has 2 aromatic heterocycles. The monoisotopic (exact) mass is 372 g/mol. The molecule has 2 heterocycles. The Morgan fingerprint density at radius 1 is 0.821 bits per heavy atom. The van der Waals surface area contributed by atoms with Crippen LogP contribution >= 0.6 is 0 Å². The van der Waals surface area contributed by atoms with Crippen molar-refractivity contribution in [2.24, 2.45) is 10.2 Å². The Morgan fingerprint density at radius 3 is 2.04 bits per heavy atom. The highest BCUT2D eigenvalue weighted by atomic mass is 16.2. The molecule has 0 fully saturated rings. The van der Waals surface area contributed by atoms with Crippen LogP contribution in [0.2, 0.25) is 0 Å². The third-order valence-corrected chi connectivity index (χ3v) is 3.96. The molecule has 1 aromatic carbocycles. The van der Waals surface area contributed by atoms with Crippen LogP contribution in [0, 0.1) is 0 Å². The van der Waals surface area contributed by atoms with Crippen LogP contribution in [0.4, 0.5) is 5.69 Å². The van der Waals surface area contributed by atoms with E-state index in [1.165, 1.54) is 0 Å². The zero-order valence-corrected chi connectivity index (χ0v) is 15.6. The standard InChI is InChI=1S/C21H20N6O/c1-15(18-7-4-10-22-13-18)24-26-20-9-3-6-17(12-20)21(28)27-25-16(2)19-8-5-11-23-14-19/h3-14,26H,1-2H3,(H,27,28)/b24-15+,25-16+. The van der Waals surface area contributed by atoms with E-state index in [0.717, 1.165) is 16.8 Å². The summed E-state index contributed by atoms with van der Waals surface area (Å²) in [6, 6.07) is 14.5. The Kier molecular flexibility index (Phi) is 6.20. The average molecular weight is 372 g/mol. The predicted molar refractivity (Wildman–Crippen MR) is 110 cm³/mol. The van der Waals surface area contributed by atoms with Gasteiger partial charge >= 0.3 is 0 Å². The second-order valence-corrected chi connectivity index (χ2v) is 6.01. The highest BCUT2D eigenvalue weighted by Gasteiger charge is 2.06. The molecule has 7 nitrogen and oxygen atoms in total. The van der Waals surface area contributed by atoms with E-state index in [0.29, 0.717) is 17.0 Å². The van der Waals surface area contributed by atoms with Gasteiger partial charge in [-0.25, -0.2) is 5.43 Å². The van der Waals surface area contributed by atoms with Crippen LogP contribution in [0.15, 0.2) is 83.5 Å². The van der Waals surface area contributed by atoms with Gasteiger partial charge in [0.25, 0.3) is 5.91 Å². The Labute approximate surface area is 163 Å². The normalized spacial score (nSPS) is 11.8. The van der Waals surface area contributed by atoms with E-state index in [4.69, 9.17) is 0 Å². The predicted octanol–water partition coefficient (Wildman–Crippen LogP) is 3.47. The third kappa shape index (κ3) is 5.07. The Bertz CT molecular complexity index is 1000. The number of hydrogen-bond acceptors (Lipinski definition) is 6. The van der Waals surface area contributed by atoms with Gasteiger partial charge < -0.3 is 0 Å². The van der Waals surface area contributed by atoms with Crippen molar-refractivity contribution in [3.8, 4) is 0 Å². The molecule has 0 bridgehead atoms. The van der Waals surface area contributed by atoms with Gasteiger partial charge in [-0.3, -0.25) is 20.2 Å². The summed E-state index contributed by atoms with van der Waals surface area (Å²) in [6.07, 6.45) is 6.84. The minimum Gasteiger partial charge on any atom is -0.278 e. The van der Waals surface area contributed by atoms with Gasteiger partial charge in [0, 0.05) is 41.5 Å². The molecule has 0 spiro atoms. The van der Waals surface area contributed by atoms with Gasteiger partial charge in [0.15, 0.2) is 0 Å². The molecular formula is C21H20N6O. The van der Waals surface area contributed by atoms with Crippen molar-refractivity contribution in [2.45, 2.75) is 13.8 Å². The second kappa shape index (κ2) is 9.18. The zero-order chi connectivity index (χ0) is 19.8. The molecule has 140 valence electrons. The largest absolute Gasteiger partial charge is 0.278 e. The van der Waals surface area contributed by atoms with Gasteiger partial charge in [-0.2, -0.15) is 10.2 Å². The van der Waals surface area contributed by atoms with Crippen molar-refractivity contribution < 1.29 is 4.79 Å². The van der Waals surface area contributed by atoms with Crippen LogP contribution in [-0.4, -0.2) is 27.3 Å². The molecule has 3 aromatic rings. The first-order valence-electron chi connectivity index (χ1n) is 8.69. The first-order valence-corrected chi connectivity index (χ1v) is 8.69. The van der Waals surface area contributed by atoms with Gasteiger partial charge in [-0.15, -0.1) is 0 Å². The van der Waals surface area contributed by atoms with Crippen LogP contribution in [0.5, 0.6) is 0 Å². The topological polar surface area (TPSA) is 91.6 Å². The number of nitrogens with one attached hydrogen (secondary N) is 2. The fraction of sp³-hybridized carbons (Fsp3) is 0.0952. The smallest absolute Gasteiger partial charge is 0.271 e. The van der Waals surface area contributed by atoms with Gasteiger partial charge in [0.1, 0.15) is 0 Å². The third-order valence-electron chi connectivity index (χ3n) is 3.96. The molecule has 0 atom stereocenters. The van der Waals surface area contributed by atoms with Gasteiger partial charge in [-0.05, 0) is 44.2 Å². The number of carbonyl (C=O) groups is 1. The number of carbonyl (C=O) groups excluding carboxylic acids is 1. The van der Waals surface area contributed by atoms with Crippen molar-refractivity contribution in [3.05, 3.63) is 90.0 Å². The molecule has 28 heavy (non-hydrogen) atoms. The van der Waals surface area contributed by atoms with Gasteiger partial charge in [0.2, 0.25) is 0 Å². The minimum atomic E-state index is -0.306. The number of hydrazone groups is 2. The quantitative estimate of drug-likeness (QED) is 0.512. The molecule has 0 aliphatic rings. The molecule has 3 rings (SSSR count). The molecule has 0 aliphatic heterocycles. The maximum Gasteiger partial charge on any atom is 0.271 e. The molecule has 0 saturated heterocycles. The summed E-state index contributed by atoms with van der Waals surface area (Å²) in [5.74, 6) is -0.306. The summed E-state index contributed by atoms with van der Waals surface area (Å²) < 4.78 is 0. The average Bonchev–Trinajstić information content (AvgIpc) is 2.77. The van der Waals surface area contributed by atoms with E-state index in [-0.39, 0.29) is 5.91 Å². The van der Waals surface area contributed by atoms with E-state index >= 15 is 0 Å². The van der Waals surface area contributed by atoms with Crippen molar-refractivity contribution >= 4 is 23.0 Å². The van der Waals surface area contributed by atoms with Crippen LogP contribution in [0.3, 0.4) is 0 Å². The molecule has 2 N–H and O–H groups in total. The Balaban J connectivity index is 1.66. The number of rotatable bonds is 6. The van der Waals surface area contributed by atoms with Crippen LogP contribution in [0.1, 0.15) is 35.3 Å². The van der Waals surface area contributed by atoms with E-state index in [9.17, 15) is 4.79 Å². The molecule has 7 heteroatoms. The van der Waals surface area contributed by atoms with E-state index in [1.807, 2.05) is 44.2 Å². The SMILES string of the molecule is C/C(=N\NC(=O)c1cccc(N/N=C(\C)c2cccnc2)c1)c1cccnc1. The van der Waals surface area contributed by atoms with E-state index < -0.39 is 0 Å². The molecule has 0 aliphatic carbocycles. The van der Waals surface area contributed by atoms with Gasteiger partial charge in [0.05, 0.1) is 17.1 Å². The first kappa shape index (κ1) is 18.9. The second-order valence-electron chi connectivity index (χ2n) is 6.01. The molecule has 1 amide bonds. The summed E-state index contributed by atoms with van der Waals surface area (Å²) in [4.78, 5) is 20.5. The molecule has 0 saturated carbocycles. The number of hydrogen-bond donors (Lipinski definition) is 2. The number of amides is 1. The van der Waals surface area contributed by atoms with Gasteiger partial charge in [-0.1, -0.05) is 18.2 Å². The van der Waals surface area contributed by atoms with Crippen molar-refractivity contribution in [1.82, 2.24) is 15.4 Å². The highest BCUT2D eigenvalue weighted by molar-refractivity contribution is 6.01. The van der Waals surface area contributed by atoms with Crippen LogP contribution in [-0.2, 0) is 0 Å². The van der Waals surface area contributed by atoms with E-state index in [1.54, 1.807) is 43.0 Å². The lowest BCUT2D eigenvalue weighted by Gasteiger charge is -2.06. The summed E-state index contributed by atoms with van der Waals surface area (Å²) >= 11 is 0. The zero-order valence-electron chi connectivity index (χ0n) is 15.6. The first-order chi connectivity index (χ1) is 13.6. The Hall–Kier alpha value is -3.87. The highest BCUT2D eigenvalue weighted by Crippen LogP contribution is 2.11. The fourth-order valence-corrected chi connectivity index (χ4v) is 2.36. The number of pyridine rings is 2. The van der Waals surface area contributed by atoms with Crippen molar-refractivity contribution in [1.29, 1.82) is 0 Å². The number of benzene rings is 1. The summed E-state index contributed by atoms with van der Waals surface area (Å²) in [5.41, 5.74) is 9.93. The Morgan fingerprint density at radius 2 is 1.43 bits per heavy atom. The number of nitrogens with zero attached hydrogens (tertiary/aromatic N) is 4. The summed E-state index contributed by atoms with van der Waals surface area (Å²) in [6.45, 7) is 3.70. The summed E-state index contributed by atoms with van der Waals surface area (Å²) in [7, 11) is 0. The van der Waals surface area contributed by atoms with Crippen LogP contribution in [0.25, 0.3) is 0 Å². The maximum atomic E-state index is 12.4. The van der Waals surface area contributed by atoms with E-state index in [2.05, 4.69) is 31.0 Å². The lowest BCUT2D eigenvalue weighted by atomic mass is 10.2. The number of anilines is 1.